The van der Waals surface area contributed by atoms with Crippen LogP contribution in [0, 0.1) is 0 Å². The molecule has 0 aliphatic carbocycles. The molecule has 102 valence electrons. The Bertz CT molecular complexity index is 690. The molecule has 2 heterocycles. The van der Waals surface area contributed by atoms with Gasteiger partial charge in [0, 0.05) is 27.1 Å². The summed E-state index contributed by atoms with van der Waals surface area (Å²) in [6, 6.07) is 10.2. The highest BCUT2D eigenvalue weighted by Gasteiger charge is 2.05. The quantitative estimate of drug-likeness (QED) is 0.610. The highest BCUT2D eigenvalue weighted by Crippen LogP contribution is 2.32. The zero-order valence-electron chi connectivity index (χ0n) is 10.3. The average molecular weight is 414 g/mol. The Balaban J connectivity index is 1.73. The largest absolute Gasteiger partial charge is 0.444 e. The van der Waals surface area contributed by atoms with E-state index < -0.39 is 0 Å². The summed E-state index contributed by atoms with van der Waals surface area (Å²) in [5.74, 6) is 0.773. The summed E-state index contributed by atoms with van der Waals surface area (Å²) >= 11 is 8.72. The highest BCUT2D eigenvalue weighted by molar-refractivity contribution is 9.13. The molecule has 0 amide bonds. The summed E-state index contributed by atoms with van der Waals surface area (Å²) in [4.78, 5) is 5.20. The molecule has 0 spiro atoms. The molecular weight excluding hydrogens is 404 g/mol. The normalized spacial score (nSPS) is 10.7. The van der Waals surface area contributed by atoms with E-state index in [1.165, 1.54) is 11.3 Å². The summed E-state index contributed by atoms with van der Waals surface area (Å²) in [6.45, 7) is 0.786. The van der Waals surface area contributed by atoms with E-state index in [1.807, 2.05) is 18.2 Å². The van der Waals surface area contributed by atoms with Crippen LogP contribution < -0.4 is 5.32 Å². The Kier molecular flexibility index (Phi) is 4.24. The molecular formula is C14H10Br2N2OS. The number of anilines is 1. The van der Waals surface area contributed by atoms with E-state index in [-0.39, 0.29) is 0 Å². The minimum Gasteiger partial charge on any atom is -0.444 e. The maximum Gasteiger partial charge on any atom is 0.181 e. The number of aromatic nitrogens is 1. The lowest BCUT2D eigenvalue weighted by molar-refractivity contribution is 0.572. The molecule has 3 nitrogen and oxygen atoms in total. The van der Waals surface area contributed by atoms with Crippen molar-refractivity contribution in [3.63, 3.8) is 0 Å². The lowest BCUT2D eigenvalue weighted by Crippen LogP contribution is -1.97. The third-order valence-corrected chi connectivity index (χ3v) is 6.00. The predicted octanol–water partition coefficient (Wildman–Crippen LogP) is 5.54. The van der Waals surface area contributed by atoms with Gasteiger partial charge in [-0.25, -0.2) is 4.98 Å². The molecule has 0 unspecified atom stereocenters. The van der Waals surface area contributed by atoms with Gasteiger partial charge in [-0.3, -0.25) is 0 Å². The van der Waals surface area contributed by atoms with Crippen molar-refractivity contribution >= 4 is 48.9 Å². The number of rotatable bonds is 4. The zero-order chi connectivity index (χ0) is 13.9. The Morgan fingerprint density at radius 3 is 2.85 bits per heavy atom. The van der Waals surface area contributed by atoms with Crippen molar-refractivity contribution in [1.82, 2.24) is 4.98 Å². The molecule has 0 aliphatic rings. The first kappa shape index (κ1) is 13.9. The molecule has 0 atom stereocenters. The third-order valence-electron chi connectivity index (χ3n) is 2.74. The van der Waals surface area contributed by atoms with Crippen molar-refractivity contribution in [2.45, 2.75) is 6.54 Å². The van der Waals surface area contributed by atoms with Crippen molar-refractivity contribution in [1.29, 1.82) is 0 Å². The summed E-state index contributed by atoms with van der Waals surface area (Å²) in [5, 5.41) is 3.41. The number of oxazole rings is 1. The lowest BCUT2D eigenvalue weighted by Gasteiger charge is -2.06. The molecule has 0 saturated carbocycles. The summed E-state index contributed by atoms with van der Waals surface area (Å²) < 4.78 is 7.51. The Labute approximate surface area is 137 Å². The SMILES string of the molecule is Brc1cc(CNc2cccc(-c3cnco3)c2)sc1Br. The van der Waals surface area contributed by atoms with Crippen molar-refractivity contribution in [2.24, 2.45) is 0 Å². The number of hydrogen-bond acceptors (Lipinski definition) is 4. The molecule has 0 saturated heterocycles. The fraction of sp³-hybridized carbons (Fsp3) is 0.0714. The fourth-order valence-electron chi connectivity index (χ4n) is 1.81. The number of thiophene rings is 1. The topological polar surface area (TPSA) is 38.1 Å². The second kappa shape index (κ2) is 6.11. The van der Waals surface area contributed by atoms with Crippen LogP contribution in [0.2, 0.25) is 0 Å². The first-order valence-electron chi connectivity index (χ1n) is 5.89. The van der Waals surface area contributed by atoms with Gasteiger partial charge in [0.25, 0.3) is 0 Å². The first-order chi connectivity index (χ1) is 9.72. The summed E-state index contributed by atoms with van der Waals surface area (Å²) in [5.41, 5.74) is 2.07. The van der Waals surface area contributed by atoms with Crippen LogP contribution >= 0.6 is 43.2 Å². The van der Waals surface area contributed by atoms with Crippen molar-refractivity contribution < 1.29 is 4.42 Å². The molecule has 0 radical (unpaired) electrons. The van der Waals surface area contributed by atoms with Crippen molar-refractivity contribution in [3.05, 3.63) is 56.1 Å². The fourth-order valence-corrected chi connectivity index (χ4v) is 3.93. The molecule has 20 heavy (non-hydrogen) atoms. The molecule has 6 heteroatoms. The van der Waals surface area contributed by atoms with Gasteiger partial charge in [-0.2, -0.15) is 0 Å². The predicted molar refractivity (Wildman–Crippen MR) is 89.0 cm³/mol. The van der Waals surface area contributed by atoms with E-state index in [4.69, 9.17) is 4.42 Å². The van der Waals surface area contributed by atoms with Gasteiger partial charge < -0.3 is 9.73 Å². The standard InChI is InChI=1S/C14H10Br2N2OS/c15-12-5-11(20-14(12)16)6-18-10-3-1-2-9(4-10)13-7-17-8-19-13/h1-5,7-8,18H,6H2. The third kappa shape index (κ3) is 3.13. The van der Waals surface area contributed by atoms with Gasteiger partial charge in [0.1, 0.15) is 0 Å². The second-order valence-electron chi connectivity index (χ2n) is 4.13. The van der Waals surface area contributed by atoms with Crippen molar-refractivity contribution in [2.75, 3.05) is 5.32 Å². The number of benzene rings is 1. The van der Waals surface area contributed by atoms with Crippen LogP contribution in [0.15, 0.2) is 55.6 Å². The van der Waals surface area contributed by atoms with E-state index in [9.17, 15) is 0 Å². The molecule has 0 bridgehead atoms. The van der Waals surface area contributed by atoms with Crippen LogP contribution in [0.25, 0.3) is 11.3 Å². The molecule has 3 rings (SSSR count). The van der Waals surface area contributed by atoms with Gasteiger partial charge in [0.15, 0.2) is 12.2 Å². The molecule has 0 fully saturated rings. The number of nitrogens with zero attached hydrogens (tertiary/aromatic N) is 1. The molecule has 0 aliphatic heterocycles. The van der Waals surface area contributed by atoms with E-state index >= 15 is 0 Å². The highest BCUT2D eigenvalue weighted by atomic mass is 79.9. The second-order valence-corrected chi connectivity index (χ2v) is 7.44. The Morgan fingerprint density at radius 2 is 2.15 bits per heavy atom. The van der Waals surface area contributed by atoms with E-state index in [0.29, 0.717) is 0 Å². The maximum atomic E-state index is 5.31. The number of nitrogens with one attached hydrogen (secondary N) is 1. The van der Waals surface area contributed by atoms with Gasteiger partial charge in [-0.1, -0.05) is 12.1 Å². The van der Waals surface area contributed by atoms with Crippen LogP contribution in [0.1, 0.15) is 4.88 Å². The lowest BCUT2D eigenvalue weighted by atomic mass is 10.1. The van der Waals surface area contributed by atoms with Crippen LogP contribution in [-0.4, -0.2) is 4.98 Å². The van der Waals surface area contributed by atoms with Crippen LogP contribution in [-0.2, 0) is 6.54 Å². The van der Waals surface area contributed by atoms with Crippen LogP contribution in [0.3, 0.4) is 0 Å². The van der Waals surface area contributed by atoms with Gasteiger partial charge in [0.2, 0.25) is 0 Å². The summed E-state index contributed by atoms with van der Waals surface area (Å²) in [6.07, 6.45) is 3.16. The smallest absolute Gasteiger partial charge is 0.181 e. The minimum absolute atomic E-state index is 0.773. The summed E-state index contributed by atoms with van der Waals surface area (Å²) in [7, 11) is 0. The van der Waals surface area contributed by atoms with E-state index in [1.54, 1.807) is 17.5 Å². The van der Waals surface area contributed by atoms with Gasteiger partial charge in [-0.15, -0.1) is 11.3 Å². The van der Waals surface area contributed by atoms with Crippen LogP contribution in [0.4, 0.5) is 5.69 Å². The molecule has 2 aromatic heterocycles. The van der Waals surface area contributed by atoms with E-state index in [2.05, 4.69) is 54.3 Å². The molecule has 1 N–H and O–H groups in total. The number of hydrogen-bond donors (Lipinski definition) is 1. The number of halogens is 2. The zero-order valence-corrected chi connectivity index (χ0v) is 14.3. The van der Waals surface area contributed by atoms with Gasteiger partial charge in [-0.05, 0) is 50.1 Å². The monoisotopic (exact) mass is 412 g/mol. The van der Waals surface area contributed by atoms with Gasteiger partial charge >= 0.3 is 0 Å². The Morgan fingerprint density at radius 1 is 1.25 bits per heavy atom. The van der Waals surface area contributed by atoms with Crippen LogP contribution in [0.5, 0.6) is 0 Å². The van der Waals surface area contributed by atoms with Crippen molar-refractivity contribution in [3.8, 4) is 11.3 Å². The Hall–Kier alpha value is -1.11. The molecule has 1 aromatic carbocycles. The maximum absolute atomic E-state index is 5.31. The van der Waals surface area contributed by atoms with Gasteiger partial charge in [0.05, 0.1) is 9.98 Å². The first-order valence-corrected chi connectivity index (χ1v) is 8.29. The van der Waals surface area contributed by atoms with E-state index in [0.717, 1.165) is 31.8 Å². The average Bonchev–Trinajstić information content (AvgIpc) is 3.08. The minimum atomic E-state index is 0.773. The molecule has 3 aromatic rings.